The molecule has 2 aliphatic heterocycles. The molecule has 0 aliphatic carbocycles. The fraction of sp³-hybridized carbons (Fsp3) is 0.769. The maximum Gasteiger partial charge on any atom is 0.233 e. The predicted octanol–water partition coefficient (Wildman–Crippen LogP) is -0.194. The van der Waals surface area contributed by atoms with Crippen LogP contribution in [0.4, 0.5) is 0 Å². The Bertz CT molecular complexity index is 421. The Morgan fingerprint density at radius 2 is 2.15 bits per heavy atom. The largest absolute Gasteiger partial charge is 0.392 e. The van der Waals surface area contributed by atoms with Crippen molar-refractivity contribution in [2.45, 2.75) is 31.7 Å². The fourth-order valence-corrected chi connectivity index (χ4v) is 3.06. The topological polar surface area (TPSA) is 84.7 Å². The van der Waals surface area contributed by atoms with Crippen LogP contribution in [0.3, 0.4) is 0 Å². The van der Waals surface area contributed by atoms with E-state index in [2.05, 4.69) is 5.32 Å². The highest BCUT2D eigenvalue weighted by molar-refractivity contribution is 7.80. The van der Waals surface area contributed by atoms with Crippen molar-refractivity contribution in [2.75, 3.05) is 26.8 Å². The van der Waals surface area contributed by atoms with E-state index in [-0.39, 0.29) is 22.8 Å². The van der Waals surface area contributed by atoms with Crippen LogP contribution in [0.25, 0.3) is 0 Å². The van der Waals surface area contributed by atoms with Crippen LogP contribution < -0.4 is 11.1 Å². The number of nitrogens with zero attached hydrogens (tertiary/aromatic N) is 1. The third kappa shape index (κ3) is 2.93. The van der Waals surface area contributed by atoms with E-state index in [1.807, 2.05) is 0 Å². The van der Waals surface area contributed by atoms with Crippen molar-refractivity contribution in [1.82, 2.24) is 10.2 Å². The van der Waals surface area contributed by atoms with Gasteiger partial charge in [-0.1, -0.05) is 12.2 Å². The maximum absolute atomic E-state index is 12.6. The molecule has 2 aliphatic rings. The van der Waals surface area contributed by atoms with Gasteiger partial charge in [0.05, 0.1) is 4.99 Å². The van der Waals surface area contributed by atoms with Crippen LogP contribution in [0.15, 0.2) is 0 Å². The van der Waals surface area contributed by atoms with Crippen molar-refractivity contribution >= 4 is 29.0 Å². The van der Waals surface area contributed by atoms with Crippen LogP contribution >= 0.6 is 12.2 Å². The first-order chi connectivity index (χ1) is 9.45. The molecule has 2 heterocycles. The minimum Gasteiger partial charge on any atom is -0.392 e. The number of amides is 2. The smallest absolute Gasteiger partial charge is 0.233 e. The second-order valence-corrected chi connectivity index (χ2v) is 5.98. The summed E-state index contributed by atoms with van der Waals surface area (Å²) in [6, 6.07) is -0.0285. The van der Waals surface area contributed by atoms with Crippen molar-refractivity contribution in [1.29, 1.82) is 0 Å². The van der Waals surface area contributed by atoms with E-state index in [4.69, 9.17) is 22.7 Å². The lowest BCUT2D eigenvalue weighted by atomic mass is 9.79. The minimum atomic E-state index is -0.798. The summed E-state index contributed by atoms with van der Waals surface area (Å²) in [5.74, 6) is -0.00771. The zero-order valence-electron chi connectivity index (χ0n) is 11.7. The molecule has 1 atom stereocenters. The Kier molecular flexibility index (Phi) is 4.59. The Labute approximate surface area is 124 Å². The van der Waals surface area contributed by atoms with Gasteiger partial charge >= 0.3 is 0 Å². The second kappa shape index (κ2) is 6.05. The third-order valence-corrected chi connectivity index (χ3v) is 4.61. The molecule has 3 N–H and O–H groups in total. The molecule has 6 nitrogen and oxygen atoms in total. The highest BCUT2D eigenvalue weighted by Gasteiger charge is 2.43. The number of rotatable bonds is 3. The molecule has 1 unspecified atom stereocenters. The molecule has 0 aromatic heterocycles. The number of nitrogens with two attached hydrogens (primary N) is 1. The van der Waals surface area contributed by atoms with Crippen molar-refractivity contribution in [3.8, 4) is 0 Å². The summed E-state index contributed by atoms with van der Waals surface area (Å²) in [4.78, 5) is 25.9. The van der Waals surface area contributed by atoms with Gasteiger partial charge in [-0.2, -0.15) is 0 Å². The van der Waals surface area contributed by atoms with E-state index in [1.165, 1.54) is 0 Å². The average molecular weight is 299 g/mol. The van der Waals surface area contributed by atoms with Gasteiger partial charge in [-0.05, 0) is 19.3 Å². The molecular formula is C13H21N3O3S. The molecule has 7 heteroatoms. The number of nitrogens with one attached hydrogen (secondary N) is 1. The Balaban J connectivity index is 2.02. The van der Waals surface area contributed by atoms with Gasteiger partial charge in [0.1, 0.15) is 5.41 Å². The molecule has 112 valence electrons. The normalized spacial score (nSPS) is 26.1. The summed E-state index contributed by atoms with van der Waals surface area (Å²) in [5, 5.41) is 3.01. The van der Waals surface area contributed by atoms with Gasteiger partial charge in [0.15, 0.2) is 0 Å². The predicted molar refractivity (Wildman–Crippen MR) is 78.1 cm³/mol. The summed E-state index contributed by atoms with van der Waals surface area (Å²) in [5.41, 5.74) is 5.01. The van der Waals surface area contributed by atoms with E-state index in [0.717, 1.165) is 0 Å². The van der Waals surface area contributed by atoms with E-state index >= 15 is 0 Å². The summed E-state index contributed by atoms with van der Waals surface area (Å²) in [6.07, 6.45) is 2.18. The van der Waals surface area contributed by atoms with Gasteiger partial charge < -0.3 is 20.7 Å². The Hall–Kier alpha value is -1.21. The summed E-state index contributed by atoms with van der Waals surface area (Å²) in [6.45, 7) is 1.52. The van der Waals surface area contributed by atoms with E-state index in [1.54, 1.807) is 11.9 Å². The molecule has 2 saturated heterocycles. The van der Waals surface area contributed by atoms with Crippen molar-refractivity contribution in [3.05, 3.63) is 0 Å². The number of carbonyl (C=O) groups excluding carboxylic acids is 2. The number of piperidine rings is 1. The quantitative estimate of drug-likeness (QED) is 0.705. The molecule has 0 bridgehead atoms. The first-order valence-electron chi connectivity index (χ1n) is 6.88. The van der Waals surface area contributed by atoms with Crippen LogP contribution in [0.1, 0.15) is 25.7 Å². The number of hydrogen-bond acceptors (Lipinski definition) is 4. The minimum absolute atomic E-state index is 0.0285. The molecule has 2 amide bonds. The second-order valence-electron chi connectivity index (χ2n) is 5.54. The number of likely N-dealkylation sites (tertiary alicyclic amines) is 1. The maximum atomic E-state index is 12.6. The van der Waals surface area contributed by atoms with E-state index < -0.39 is 5.41 Å². The lowest BCUT2D eigenvalue weighted by Crippen LogP contribution is -2.57. The van der Waals surface area contributed by atoms with Gasteiger partial charge in [-0.15, -0.1) is 0 Å². The molecule has 0 aromatic rings. The molecule has 2 fully saturated rings. The summed E-state index contributed by atoms with van der Waals surface area (Å²) < 4.78 is 5.30. The molecule has 0 saturated carbocycles. The van der Waals surface area contributed by atoms with Crippen molar-refractivity contribution < 1.29 is 14.3 Å². The highest BCUT2D eigenvalue weighted by Crippen LogP contribution is 2.31. The summed E-state index contributed by atoms with van der Waals surface area (Å²) in [7, 11) is 1.75. The lowest BCUT2D eigenvalue weighted by Gasteiger charge is -2.37. The van der Waals surface area contributed by atoms with Crippen LogP contribution in [0, 0.1) is 5.41 Å². The monoisotopic (exact) mass is 299 g/mol. The highest BCUT2D eigenvalue weighted by atomic mass is 32.1. The number of carbonyl (C=O) groups is 2. The zero-order valence-corrected chi connectivity index (χ0v) is 12.5. The van der Waals surface area contributed by atoms with Gasteiger partial charge in [0.2, 0.25) is 11.8 Å². The van der Waals surface area contributed by atoms with E-state index in [0.29, 0.717) is 45.4 Å². The van der Waals surface area contributed by atoms with Gasteiger partial charge in [-0.3, -0.25) is 9.59 Å². The fourth-order valence-electron chi connectivity index (χ4n) is 2.76. The molecular weight excluding hydrogens is 278 g/mol. The first-order valence-corrected chi connectivity index (χ1v) is 7.29. The molecule has 0 aromatic carbocycles. The standard InChI is InChI=1S/C13H21N3O3S/c1-16-8-9(2-3-10(16)17)15-12(18)13(11(14)20)4-6-19-7-5-13/h9H,2-8H2,1H3,(H2,14,20)(H,15,18). The van der Waals surface area contributed by atoms with Gasteiger partial charge in [0, 0.05) is 39.3 Å². The lowest BCUT2D eigenvalue weighted by molar-refractivity contribution is -0.136. The van der Waals surface area contributed by atoms with Crippen molar-refractivity contribution in [2.24, 2.45) is 11.1 Å². The van der Waals surface area contributed by atoms with Crippen LogP contribution in [-0.4, -0.2) is 54.6 Å². The van der Waals surface area contributed by atoms with Crippen LogP contribution in [0.5, 0.6) is 0 Å². The van der Waals surface area contributed by atoms with Gasteiger partial charge in [0.25, 0.3) is 0 Å². The van der Waals surface area contributed by atoms with Crippen molar-refractivity contribution in [3.63, 3.8) is 0 Å². The Morgan fingerprint density at radius 1 is 1.50 bits per heavy atom. The molecule has 2 rings (SSSR count). The number of ether oxygens (including phenoxy) is 1. The average Bonchev–Trinajstić information content (AvgIpc) is 2.43. The van der Waals surface area contributed by atoms with Gasteiger partial charge in [-0.25, -0.2) is 0 Å². The molecule has 0 spiro atoms. The molecule has 0 radical (unpaired) electrons. The number of hydrogen-bond donors (Lipinski definition) is 2. The van der Waals surface area contributed by atoms with Crippen LogP contribution in [0.2, 0.25) is 0 Å². The van der Waals surface area contributed by atoms with Crippen LogP contribution in [-0.2, 0) is 14.3 Å². The first kappa shape index (κ1) is 15.2. The van der Waals surface area contributed by atoms with E-state index in [9.17, 15) is 9.59 Å². The molecule has 20 heavy (non-hydrogen) atoms. The summed E-state index contributed by atoms with van der Waals surface area (Å²) >= 11 is 5.11. The zero-order chi connectivity index (χ0) is 14.8. The SMILES string of the molecule is CN1CC(NC(=O)C2(C(N)=S)CCOCC2)CCC1=O. The third-order valence-electron chi connectivity index (χ3n) is 4.21. The Morgan fingerprint density at radius 3 is 2.70 bits per heavy atom. The number of thiocarbonyl (C=S) groups is 1. The number of likely N-dealkylation sites (N-methyl/N-ethyl adjacent to an activating group) is 1.